The summed E-state index contributed by atoms with van der Waals surface area (Å²) >= 11 is 0. The van der Waals surface area contributed by atoms with Gasteiger partial charge in [0, 0.05) is 12.3 Å². The number of pyridine rings is 1. The van der Waals surface area contributed by atoms with Gasteiger partial charge in [0.25, 0.3) is 0 Å². The van der Waals surface area contributed by atoms with Crippen molar-refractivity contribution in [3.63, 3.8) is 0 Å². The maximum Gasteiger partial charge on any atom is 0.422 e. The number of hydrogen-bond acceptors (Lipinski definition) is 3. The molecule has 1 aromatic rings. The van der Waals surface area contributed by atoms with E-state index in [1.54, 1.807) is 6.07 Å². The number of nitrogens with zero attached hydrogens (tertiary/aromatic N) is 1. The molecule has 3 nitrogen and oxygen atoms in total. The summed E-state index contributed by atoms with van der Waals surface area (Å²) in [5, 5.41) is 0. The Morgan fingerprint density at radius 1 is 1.31 bits per heavy atom. The van der Waals surface area contributed by atoms with Gasteiger partial charge in [-0.3, -0.25) is 0 Å². The van der Waals surface area contributed by atoms with Gasteiger partial charge in [0.05, 0.1) is 6.61 Å². The first-order valence-corrected chi connectivity index (χ1v) is 4.79. The van der Waals surface area contributed by atoms with E-state index in [4.69, 9.17) is 4.74 Å². The van der Waals surface area contributed by atoms with Crippen molar-refractivity contribution in [2.24, 2.45) is 0 Å². The van der Waals surface area contributed by atoms with Gasteiger partial charge in [0.15, 0.2) is 6.61 Å². The number of halogens is 3. The zero-order valence-electron chi connectivity index (χ0n) is 8.75. The van der Waals surface area contributed by atoms with Crippen molar-refractivity contribution in [1.29, 1.82) is 0 Å². The predicted molar refractivity (Wildman–Crippen MR) is 51.6 cm³/mol. The molecule has 0 unspecified atom stereocenters. The SMILES string of the molecule is CCCOc1ccnc(OCC(F)(F)F)c1. The number of alkyl halides is 3. The highest BCUT2D eigenvalue weighted by molar-refractivity contribution is 5.26. The molecule has 0 aliphatic carbocycles. The van der Waals surface area contributed by atoms with Gasteiger partial charge in [0.2, 0.25) is 5.88 Å². The second-order valence-corrected chi connectivity index (χ2v) is 3.08. The molecular weight excluding hydrogens is 223 g/mol. The molecule has 0 radical (unpaired) electrons. The summed E-state index contributed by atoms with van der Waals surface area (Å²) in [7, 11) is 0. The minimum absolute atomic E-state index is 0.0917. The lowest BCUT2D eigenvalue weighted by Gasteiger charge is -2.09. The van der Waals surface area contributed by atoms with Crippen LogP contribution in [0.1, 0.15) is 13.3 Å². The maximum atomic E-state index is 11.9. The first kappa shape index (κ1) is 12.6. The summed E-state index contributed by atoms with van der Waals surface area (Å²) in [6.45, 7) is 1.09. The van der Waals surface area contributed by atoms with Gasteiger partial charge >= 0.3 is 6.18 Å². The molecule has 1 rings (SSSR count). The number of rotatable bonds is 5. The lowest BCUT2D eigenvalue weighted by atomic mass is 10.4. The first-order chi connectivity index (χ1) is 7.51. The largest absolute Gasteiger partial charge is 0.493 e. The van der Waals surface area contributed by atoms with Crippen molar-refractivity contribution >= 4 is 0 Å². The Kier molecular flexibility index (Phi) is 4.39. The molecule has 0 aliphatic heterocycles. The second-order valence-electron chi connectivity index (χ2n) is 3.08. The molecule has 90 valence electrons. The topological polar surface area (TPSA) is 31.4 Å². The van der Waals surface area contributed by atoms with Crippen molar-refractivity contribution in [3.05, 3.63) is 18.3 Å². The van der Waals surface area contributed by atoms with Gasteiger partial charge in [-0.1, -0.05) is 6.92 Å². The van der Waals surface area contributed by atoms with E-state index < -0.39 is 12.8 Å². The number of ether oxygens (including phenoxy) is 2. The van der Waals surface area contributed by atoms with E-state index >= 15 is 0 Å². The van der Waals surface area contributed by atoms with E-state index in [-0.39, 0.29) is 5.88 Å². The Hall–Kier alpha value is -1.46. The zero-order valence-corrected chi connectivity index (χ0v) is 8.75. The minimum atomic E-state index is -4.36. The summed E-state index contributed by atoms with van der Waals surface area (Å²) in [5.74, 6) is 0.361. The van der Waals surface area contributed by atoms with Gasteiger partial charge in [-0.05, 0) is 12.5 Å². The van der Waals surface area contributed by atoms with Crippen molar-refractivity contribution in [3.8, 4) is 11.6 Å². The van der Waals surface area contributed by atoms with Gasteiger partial charge in [0.1, 0.15) is 5.75 Å². The van der Waals surface area contributed by atoms with Crippen LogP contribution in [-0.4, -0.2) is 24.4 Å². The van der Waals surface area contributed by atoms with Crippen LogP contribution in [0, 0.1) is 0 Å². The van der Waals surface area contributed by atoms with Gasteiger partial charge in [-0.15, -0.1) is 0 Å². The van der Waals surface area contributed by atoms with Crippen LogP contribution in [-0.2, 0) is 0 Å². The van der Waals surface area contributed by atoms with Crippen LogP contribution >= 0.6 is 0 Å². The highest BCUT2D eigenvalue weighted by atomic mass is 19.4. The Morgan fingerprint density at radius 2 is 2.06 bits per heavy atom. The van der Waals surface area contributed by atoms with E-state index in [1.165, 1.54) is 12.3 Å². The minimum Gasteiger partial charge on any atom is -0.493 e. The Morgan fingerprint density at radius 3 is 2.69 bits per heavy atom. The van der Waals surface area contributed by atoms with Crippen LogP contribution in [0.5, 0.6) is 11.6 Å². The normalized spacial score (nSPS) is 11.2. The summed E-state index contributed by atoms with van der Waals surface area (Å²) in [6.07, 6.45) is -2.19. The van der Waals surface area contributed by atoms with E-state index in [0.29, 0.717) is 12.4 Å². The second kappa shape index (κ2) is 5.58. The van der Waals surface area contributed by atoms with Crippen LogP contribution < -0.4 is 9.47 Å². The number of hydrogen-bond donors (Lipinski definition) is 0. The first-order valence-electron chi connectivity index (χ1n) is 4.79. The van der Waals surface area contributed by atoms with Gasteiger partial charge in [-0.2, -0.15) is 13.2 Å². The summed E-state index contributed by atoms with van der Waals surface area (Å²) in [4.78, 5) is 3.65. The average molecular weight is 235 g/mol. The Bertz CT molecular complexity index is 328. The van der Waals surface area contributed by atoms with E-state index in [2.05, 4.69) is 9.72 Å². The molecule has 0 saturated carbocycles. The van der Waals surface area contributed by atoms with E-state index in [0.717, 1.165) is 6.42 Å². The molecule has 6 heteroatoms. The molecule has 16 heavy (non-hydrogen) atoms. The third-order valence-electron chi connectivity index (χ3n) is 1.56. The highest BCUT2D eigenvalue weighted by Crippen LogP contribution is 2.20. The van der Waals surface area contributed by atoms with E-state index in [1.807, 2.05) is 6.92 Å². The fourth-order valence-electron chi connectivity index (χ4n) is 0.936. The van der Waals surface area contributed by atoms with Crippen LogP contribution in [0.25, 0.3) is 0 Å². The molecule has 0 saturated heterocycles. The van der Waals surface area contributed by atoms with Crippen molar-refractivity contribution in [2.75, 3.05) is 13.2 Å². The van der Waals surface area contributed by atoms with Crippen molar-refractivity contribution in [2.45, 2.75) is 19.5 Å². The summed E-state index contributed by atoms with van der Waals surface area (Å²) in [5.41, 5.74) is 0. The fourth-order valence-corrected chi connectivity index (χ4v) is 0.936. The molecule has 0 aliphatic rings. The lowest BCUT2D eigenvalue weighted by Crippen LogP contribution is -2.19. The molecule has 0 aromatic carbocycles. The maximum absolute atomic E-state index is 11.9. The Labute approximate surface area is 91.2 Å². The van der Waals surface area contributed by atoms with Crippen molar-refractivity contribution < 1.29 is 22.6 Å². The van der Waals surface area contributed by atoms with Crippen LogP contribution in [0.2, 0.25) is 0 Å². The summed E-state index contributed by atoms with van der Waals surface area (Å²) < 4.78 is 45.3. The predicted octanol–water partition coefficient (Wildman–Crippen LogP) is 2.81. The quantitative estimate of drug-likeness (QED) is 0.786. The molecular formula is C10H12F3NO2. The smallest absolute Gasteiger partial charge is 0.422 e. The average Bonchev–Trinajstić information content (AvgIpc) is 2.23. The molecule has 0 spiro atoms. The monoisotopic (exact) mass is 235 g/mol. The molecule has 1 heterocycles. The molecule has 0 amide bonds. The third-order valence-corrected chi connectivity index (χ3v) is 1.56. The Balaban J connectivity index is 2.53. The van der Waals surface area contributed by atoms with Crippen LogP contribution in [0.3, 0.4) is 0 Å². The summed E-state index contributed by atoms with van der Waals surface area (Å²) in [6, 6.07) is 2.90. The molecule has 0 atom stereocenters. The number of aromatic nitrogens is 1. The van der Waals surface area contributed by atoms with E-state index in [9.17, 15) is 13.2 Å². The van der Waals surface area contributed by atoms with Crippen molar-refractivity contribution in [1.82, 2.24) is 4.98 Å². The van der Waals surface area contributed by atoms with Gasteiger partial charge in [-0.25, -0.2) is 4.98 Å². The molecule has 0 N–H and O–H groups in total. The standard InChI is InChI=1S/C10H12F3NO2/c1-2-5-15-8-3-4-14-9(6-8)16-7-10(11,12)13/h3-4,6H,2,5,7H2,1H3. The fraction of sp³-hybridized carbons (Fsp3) is 0.500. The molecule has 1 aromatic heterocycles. The van der Waals surface area contributed by atoms with Crippen LogP contribution in [0.15, 0.2) is 18.3 Å². The zero-order chi connectivity index (χ0) is 12.0. The molecule has 0 bridgehead atoms. The third kappa shape index (κ3) is 4.86. The lowest BCUT2D eigenvalue weighted by molar-refractivity contribution is -0.154. The highest BCUT2D eigenvalue weighted by Gasteiger charge is 2.28. The van der Waals surface area contributed by atoms with Gasteiger partial charge < -0.3 is 9.47 Å². The molecule has 0 fully saturated rings. The van der Waals surface area contributed by atoms with Crippen LogP contribution in [0.4, 0.5) is 13.2 Å².